The summed E-state index contributed by atoms with van der Waals surface area (Å²) in [5.41, 5.74) is 3.04. The monoisotopic (exact) mass is 441 g/mol. The van der Waals surface area contributed by atoms with Crippen molar-refractivity contribution in [2.24, 2.45) is 0 Å². The van der Waals surface area contributed by atoms with Gasteiger partial charge >= 0.3 is 0 Å². The van der Waals surface area contributed by atoms with Gasteiger partial charge in [-0.2, -0.15) is 0 Å². The van der Waals surface area contributed by atoms with E-state index >= 15 is 0 Å². The first-order valence-electron chi connectivity index (χ1n) is 8.53. The second kappa shape index (κ2) is 8.21. The van der Waals surface area contributed by atoms with Gasteiger partial charge in [0.2, 0.25) is 5.89 Å². The number of fused-ring (bicyclic) bond motifs is 1. The number of nitrogens with zero attached hydrogens (tertiary/aromatic N) is 1. The van der Waals surface area contributed by atoms with E-state index in [9.17, 15) is 4.79 Å². The van der Waals surface area contributed by atoms with Crippen molar-refractivity contribution in [2.75, 3.05) is 5.32 Å². The number of amides is 1. The summed E-state index contributed by atoms with van der Waals surface area (Å²) < 4.78 is 5.79. The van der Waals surface area contributed by atoms with E-state index < -0.39 is 0 Å². The third-order valence-corrected chi connectivity index (χ3v) is 4.82. The highest BCUT2D eigenvalue weighted by Crippen LogP contribution is 2.32. The van der Waals surface area contributed by atoms with E-state index in [0.29, 0.717) is 43.9 Å². The molecule has 0 aliphatic heterocycles. The summed E-state index contributed by atoms with van der Waals surface area (Å²) in [6, 6.07) is 19.3. The predicted molar refractivity (Wildman–Crippen MR) is 120 cm³/mol. The van der Waals surface area contributed by atoms with Crippen LogP contribution in [-0.4, -0.2) is 16.0 Å². The second-order valence-electron chi connectivity index (χ2n) is 6.10. The lowest BCUT2D eigenvalue weighted by Gasteiger charge is -2.09. The lowest BCUT2D eigenvalue weighted by molar-refractivity contribution is 0.0977. The van der Waals surface area contributed by atoms with Crippen LogP contribution in [0.2, 0.25) is 10.0 Å². The highest BCUT2D eigenvalue weighted by atomic mass is 35.5. The van der Waals surface area contributed by atoms with Gasteiger partial charge < -0.3 is 9.73 Å². The van der Waals surface area contributed by atoms with Crippen LogP contribution in [0, 0.1) is 0 Å². The Kier molecular flexibility index (Phi) is 5.49. The number of carbonyl (C=O) groups is 1. The van der Waals surface area contributed by atoms with Crippen molar-refractivity contribution < 1.29 is 9.21 Å². The number of thiocarbonyl (C=S) groups is 1. The first kappa shape index (κ1) is 19.4. The van der Waals surface area contributed by atoms with E-state index in [4.69, 9.17) is 39.8 Å². The normalized spacial score (nSPS) is 10.7. The Balaban J connectivity index is 1.51. The zero-order valence-electron chi connectivity index (χ0n) is 14.8. The number of oxazole rings is 1. The van der Waals surface area contributed by atoms with Gasteiger partial charge in [0.05, 0.1) is 10.6 Å². The molecule has 1 heterocycles. The molecule has 5 nitrogen and oxygen atoms in total. The molecule has 4 aromatic rings. The van der Waals surface area contributed by atoms with E-state index in [2.05, 4.69) is 15.6 Å². The van der Waals surface area contributed by atoms with Crippen molar-refractivity contribution in [3.05, 3.63) is 82.3 Å². The molecule has 0 fully saturated rings. The van der Waals surface area contributed by atoms with Gasteiger partial charge in [-0.3, -0.25) is 10.1 Å². The molecule has 1 aromatic heterocycles. The van der Waals surface area contributed by atoms with Crippen LogP contribution in [-0.2, 0) is 0 Å². The van der Waals surface area contributed by atoms with Gasteiger partial charge in [0, 0.05) is 16.3 Å². The average molecular weight is 442 g/mol. The number of benzene rings is 3. The Morgan fingerprint density at radius 3 is 2.55 bits per heavy atom. The van der Waals surface area contributed by atoms with Crippen molar-refractivity contribution in [1.29, 1.82) is 0 Å². The van der Waals surface area contributed by atoms with Crippen LogP contribution in [0.1, 0.15) is 10.4 Å². The molecule has 2 N–H and O–H groups in total. The van der Waals surface area contributed by atoms with Crippen LogP contribution in [0.25, 0.3) is 22.6 Å². The molecule has 0 radical (unpaired) electrons. The van der Waals surface area contributed by atoms with E-state index in [1.54, 1.807) is 60.7 Å². The molecule has 0 saturated heterocycles. The van der Waals surface area contributed by atoms with Crippen molar-refractivity contribution in [2.45, 2.75) is 0 Å². The van der Waals surface area contributed by atoms with Gasteiger partial charge in [-0.25, -0.2) is 4.98 Å². The summed E-state index contributed by atoms with van der Waals surface area (Å²) in [6.45, 7) is 0. The van der Waals surface area contributed by atoms with Gasteiger partial charge in [0.1, 0.15) is 5.52 Å². The molecule has 8 heteroatoms. The molecular formula is C21H13Cl2N3O2S. The number of hydrogen-bond acceptors (Lipinski definition) is 4. The molecule has 3 aromatic carbocycles. The standard InChI is InChI=1S/C21H13Cl2N3O2S/c22-13-6-8-15(16(23)10-13)20-25-17-11-14(7-9-18(17)28-20)24-21(29)26-19(27)12-4-2-1-3-5-12/h1-11H,(H2,24,26,27,29). The Hall–Kier alpha value is -2.93. The first-order valence-corrected chi connectivity index (χ1v) is 9.69. The minimum Gasteiger partial charge on any atom is -0.436 e. The van der Waals surface area contributed by atoms with Crippen LogP contribution < -0.4 is 10.6 Å². The lowest BCUT2D eigenvalue weighted by Crippen LogP contribution is -2.34. The Morgan fingerprint density at radius 1 is 1.00 bits per heavy atom. The molecule has 29 heavy (non-hydrogen) atoms. The van der Waals surface area contributed by atoms with Crippen LogP contribution in [0.5, 0.6) is 0 Å². The number of rotatable bonds is 3. The summed E-state index contributed by atoms with van der Waals surface area (Å²) in [6.07, 6.45) is 0. The van der Waals surface area contributed by atoms with Crippen LogP contribution in [0.3, 0.4) is 0 Å². The summed E-state index contributed by atoms with van der Waals surface area (Å²) >= 11 is 17.4. The smallest absolute Gasteiger partial charge is 0.257 e. The third-order valence-electron chi connectivity index (χ3n) is 4.07. The fraction of sp³-hybridized carbons (Fsp3) is 0. The molecule has 0 unspecified atom stereocenters. The van der Waals surface area contributed by atoms with E-state index in [0.717, 1.165) is 0 Å². The Labute approximate surface area is 181 Å². The van der Waals surface area contributed by atoms with Crippen molar-refractivity contribution >= 4 is 63.2 Å². The molecule has 0 saturated carbocycles. The molecule has 1 amide bonds. The van der Waals surface area contributed by atoms with Crippen molar-refractivity contribution in [1.82, 2.24) is 10.3 Å². The van der Waals surface area contributed by atoms with Gasteiger partial charge in [0.25, 0.3) is 5.91 Å². The van der Waals surface area contributed by atoms with Gasteiger partial charge in [-0.15, -0.1) is 0 Å². The van der Waals surface area contributed by atoms with E-state index in [1.807, 2.05) is 6.07 Å². The van der Waals surface area contributed by atoms with Gasteiger partial charge in [-0.1, -0.05) is 41.4 Å². The predicted octanol–water partition coefficient (Wildman–Crippen LogP) is 5.93. The van der Waals surface area contributed by atoms with E-state index in [-0.39, 0.29) is 11.0 Å². The largest absolute Gasteiger partial charge is 0.436 e. The maximum Gasteiger partial charge on any atom is 0.257 e. The molecule has 0 atom stereocenters. The number of carbonyl (C=O) groups excluding carboxylic acids is 1. The quantitative estimate of drug-likeness (QED) is 0.385. The molecule has 0 aliphatic rings. The summed E-state index contributed by atoms with van der Waals surface area (Å²) in [4.78, 5) is 16.7. The van der Waals surface area contributed by atoms with Crippen molar-refractivity contribution in [3.8, 4) is 11.5 Å². The summed E-state index contributed by atoms with van der Waals surface area (Å²) in [5.74, 6) is 0.101. The number of nitrogens with one attached hydrogen (secondary N) is 2. The molecule has 0 bridgehead atoms. The fourth-order valence-corrected chi connectivity index (χ4v) is 3.41. The summed E-state index contributed by atoms with van der Waals surface area (Å²) in [7, 11) is 0. The molecular weight excluding hydrogens is 429 g/mol. The molecule has 144 valence electrons. The van der Waals surface area contributed by atoms with Crippen LogP contribution in [0.4, 0.5) is 5.69 Å². The topological polar surface area (TPSA) is 67.2 Å². The van der Waals surface area contributed by atoms with E-state index in [1.165, 1.54) is 0 Å². The highest BCUT2D eigenvalue weighted by molar-refractivity contribution is 7.80. The number of aromatic nitrogens is 1. The molecule has 4 rings (SSSR count). The van der Waals surface area contributed by atoms with Crippen molar-refractivity contribution in [3.63, 3.8) is 0 Å². The Bertz CT molecular complexity index is 1230. The van der Waals surface area contributed by atoms with Gasteiger partial charge in [-0.05, 0) is 60.7 Å². The number of halogens is 2. The highest BCUT2D eigenvalue weighted by Gasteiger charge is 2.13. The van der Waals surface area contributed by atoms with Crippen LogP contribution in [0.15, 0.2) is 71.1 Å². The Morgan fingerprint density at radius 2 is 1.79 bits per heavy atom. The minimum absolute atomic E-state index is 0.183. The van der Waals surface area contributed by atoms with Gasteiger partial charge in [0.15, 0.2) is 10.7 Å². The minimum atomic E-state index is -0.287. The lowest BCUT2D eigenvalue weighted by atomic mass is 10.2. The second-order valence-corrected chi connectivity index (χ2v) is 7.35. The number of hydrogen-bond donors (Lipinski definition) is 2. The summed E-state index contributed by atoms with van der Waals surface area (Å²) in [5, 5.41) is 6.79. The molecule has 0 aliphatic carbocycles. The third kappa shape index (κ3) is 4.40. The maximum absolute atomic E-state index is 12.2. The average Bonchev–Trinajstić information content (AvgIpc) is 3.11. The fourth-order valence-electron chi connectivity index (χ4n) is 2.71. The zero-order chi connectivity index (χ0) is 20.4. The zero-order valence-corrected chi connectivity index (χ0v) is 17.1. The number of anilines is 1. The molecule has 0 spiro atoms. The first-order chi connectivity index (χ1) is 14.0. The van der Waals surface area contributed by atoms with Crippen LogP contribution >= 0.6 is 35.4 Å². The SMILES string of the molecule is O=C(NC(=S)Nc1ccc2oc(-c3ccc(Cl)cc3Cl)nc2c1)c1ccccc1. The maximum atomic E-state index is 12.2.